The van der Waals surface area contributed by atoms with Gasteiger partial charge in [-0.2, -0.15) is 0 Å². The first kappa shape index (κ1) is 15.1. The zero-order valence-electron chi connectivity index (χ0n) is 43.2. The van der Waals surface area contributed by atoms with E-state index in [9.17, 15) is 5.48 Å². The average molecular weight is 631 g/mol. The molecular formula is C46H32N2. The number of aromatic nitrogens is 2. The largest absolute Gasteiger partial charge is 0.297 e. The van der Waals surface area contributed by atoms with Crippen molar-refractivity contribution in [3.63, 3.8) is 0 Å². The van der Waals surface area contributed by atoms with Crippen LogP contribution < -0.4 is 0 Å². The highest BCUT2D eigenvalue weighted by Gasteiger charge is 2.19. The van der Waals surface area contributed by atoms with E-state index in [0.29, 0.717) is 22.6 Å². The van der Waals surface area contributed by atoms with Crippen LogP contribution in [0.5, 0.6) is 0 Å². The van der Waals surface area contributed by atoms with E-state index < -0.39 is 109 Å². The van der Waals surface area contributed by atoms with Crippen LogP contribution in [0.2, 0.25) is 0 Å². The highest BCUT2D eigenvalue weighted by atomic mass is 15.1. The smallest absolute Gasteiger partial charge is 0.111 e. The van der Waals surface area contributed by atoms with Crippen molar-refractivity contribution in [3.05, 3.63) is 181 Å². The molecule has 226 valence electrons. The summed E-state index contributed by atoms with van der Waals surface area (Å²) in [5, 5.41) is -0.715. The molecule has 0 atom stereocenters. The number of nitrogens with zero attached hydrogens (tertiary/aromatic N) is 2. The molecule has 0 bridgehead atoms. The van der Waals surface area contributed by atoms with E-state index in [1.54, 1.807) is 24.3 Å². The molecule has 0 N–H and O–H groups in total. The van der Waals surface area contributed by atoms with Gasteiger partial charge in [-0.3, -0.25) is 4.57 Å². The van der Waals surface area contributed by atoms with Crippen LogP contribution in [-0.4, -0.2) is 9.55 Å². The molecule has 0 spiro atoms. The van der Waals surface area contributed by atoms with Crippen molar-refractivity contribution in [3.8, 4) is 50.2 Å². The number of para-hydroxylation sites is 2. The van der Waals surface area contributed by atoms with E-state index in [0.717, 1.165) is 5.52 Å². The predicted molar refractivity (Wildman–Crippen MR) is 203 cm³/mol. The summed E-state index contributed by atoms with van der Waals surface area (Å²) in [6.07, 6.45) is 0. The molecule has 0 amide bonds. The minimum absolute atomic E-state index is 0.0410. The van der Waals surface area contributed by atoms with Crippen molar-refractivity contribution < 1.29 is 24.7 Å². The summed E-state index contributed by atoms with van der Waals surface area (Å²) in [6.45, 7) is 1.82. The van der Waals surface area contributed by atoms with E-state index >= 15 is 0 Å². The molecule has 2 nitrogen and oxygen atoms in total. The van der Waals surface area contributed by atoms with Crippen molar-refractivity contribution in [2.45, 2.75) is 6.92 Å². The second kappa shape index (κ2) is 11.5. The lowest BCUT2D eigenvalue weighted by Crippen LogP contribution is -1.97. The minimum atomic E-state index is -0.703. The van der Waals surface area contributed by atoms with Gasteiger partial charge in [0.1, 0.15) is 5.82 Å². The Kier molecular flexibility index (Phi) is 3.63. The molecule has 2 heteroatoms. The Labute approximate surface area is 305 Å². The monoisotopic (exact) mass is 630 g/mol. The normalized spacial score (nSPS) is 16.7. The van der Waals surface area contributed by atoms with Crippen molar-refractivity contribution in [1.82, 2.24) is 9.55 Å². The lowest BCUT2D eigenvalue weighted by atomic mass is 9.84. The van der Waals surface area contributed by atoms with Crippen LogP contribution in [-0.2, 0) is 0 Å². The van der Waals surface area contributed by atoms with Crippen molar-refractivity contribution in [2.75, 3.05) is 0 Å². The molecule has 1 aromatic heterocycles. The first-order chi connectivity index (χ1) is 31.2. The van der Waals surface area contributed by atoms with E-state index in [4.69, 9.17) is 24.2 Å². The Balaban J connectivity index is 1.52. The van der Waals surface area contributed by atoms with Crippen LogP contribution in [0, 0.1) is 6.92 Å². The van der Waals surface area contributed by atoms with E-state index in [2.05, 4.69) is 0 Å². The Bertz CT molecular complexity index is 3430. The summed E-state index contributed by atoms with van der Waals surface area (Å²) in [6, 6.07) is 6.43. The number of aryl methyl sites for hydroxylation is 1. The Morgan fingerprint density at radius 1 is 0.458 bits per heavy atom. The van der Waals surface area contributed by atoms with Crippen molar-refractivity contribution >= 4 is 32.6 Å². The van der Waals surface area contributed by atoms with Gasteiger partial charge in [-0.1, -0.05) is 133 Å². The maximum Gasteiger partial charge on any atom is 0.111 e. The molecule has 0 aliphatic carbocycles. The summed E-state index contributed by atoms with van der Waals surface area (Å²) in [5.74, 6) is 0.621. The van der Waals surface area contributed by atoms with Gasteiger partial charge >= 0.3 is 0 Å². The molecule has 0 unspecified atom stereocenters. The Morgan fingerprint density at radius 3 is 1.54 bits per heavy atom. The summed E-state index contributed by atoms with van der Waals surface area (Å²) in [7, 11) is 0. The summed E-state index contributed by atoms with van der Waals surface area (Å²) < 4.78 is 162. The van der Waals surface area contributed by atoms with Gasteiger partial charge in [0.05, 0.1) is 35.7 Å². The van der Waals surface area contributed by atoms with Crippen LogP contribution in [0.1, 0.15) is 30.5 Å². The molecule has 0 fully saturated rings. The summed E-state index contributed by atoms with van der Waals surface area (Å²) in [5.41, 5.74) is 1.16. The van der Waals surface area contributed by atoms with Gasteiger partial charge in [0.2, 0.25) is 0 Å². The third-order valence-electron chi connectivity index (χ3n) is 8.30. The molecular weight excluding hydrogens is 581 g/mol. The quantitative estimate of drug-likeness (QED) is 0.173. The van der Waals surface area contributed by atoms with Gasteiger partial charge in [-0.15, -0.1) is 0 Å². The average Bonchev–Trinajstić information content (AvgIpc) is 3.65. The van der Waals surface area contributed by atoms with Crippen molar-refractivity contribution in [1.29, 1.82) is 0 Å². The molecule has 0 radical (unpaired) electrons. The lowest BCUT2D eigenvalue weighted by Gasteiger charge is -2.19. The molecule has 1 heterocycles. The zero-order valence-corrected chi connectivity index (χ0v) is 25.2. The number of hydrogen-bond donors (Lipinski definition) is 0. The van der Waals surface area contributed by atoms with Crippen LogP contribution in [0.4, 0.5) is 0 Å². The van der Waals surface area contributed by atoms with Gasteiger partial charge in [0.25, 0.3) is 0 Å². The lowest BCUT2D eigenvalue weighted by molar-refractivity contribution is 1.00. The molecule has 0 saturated carbocycles. The van der Waals surface area contributed by atoms with E-state index in [1.165, 1.54) is 18.2 Å². The maximum absolute atomic E-state index is 9.52. The number of hydrogen-bond acceptors (Lipinski definition) is 1. The third-order valence-corrected chi connectivity index (χ3v) is 8.30. The van der Waals surface area contributed by atoms with Gasteiger partial charge in [-0.05, 0) is 115 Å². The second-order valence-corrected chi connectivity index (χ2v) is 11.1. The fourth-order valence-corrected chi connectivity index (χ4v) is 6.32. The van der Waals surface area contributed by atoms with Crippen LogP contribution in [0.15, 0.2) is 175 Å². The molecule has 0 aliphatic rings. The predicted octanol–water partition coefficient (Wildman–Crippen LogP) is 12.3. The molecule has 0 saturated heterocycles. The maximum atomic E-state index is 9.52. The number of fused-ring (bicyclic) bond motifs is 3. The number of benzene rings is 8. The molecule has 9 aromatic rings. The first-order valence-electron chi connectivity index (χ1n) is 24.0. The Morgan fingerprint density at radius 2 is 0.958 bits per heavy atom. The molecule has 8 aromatic carbocycles. The van der Waals surface area contributed by atoms with Gasteiger partial charge < -0.3 is 0 Å². The van der Waals surface area contributed by atoms with E-state index in [-0.39, 0.29) is 60.5 Å². The van der Waals surface area contributed by atoms with E-state index in [1.807, 2.05) is 35.8 Å². The Hall–Kier alpha value is -6.25. The number of imidazole rings is 1. The fraction of sp³-hybridized carbons (Fsp3) is 0.0217. The second-order valence-electron chi connectivity index (χ2n) is 11.1. The highest BCUT2D eigenvalue weighted by Crippen LogP contribution is 2.45. The zero-order chi connectivity index (χ0) is 47.7. The molecule has 0 aliphatic heterocycles. The highest BCUT2D eigenvalue weighted by molar-refractivity contribution is 6.21. The van der Waals surface area contributed by atoms with Crippen LogP contribution in [0.25, 0.3) is 82.8 Å². The molecule has 9 rings (SSSR count). The standard InChI is InChI=1S/C46H32N2/c1-31-47-43-25-12-13-26-44(43)48(31)38-20-14-19-34(30-38)45-39-21-8-10-23-41(39)46(42-24-11-9-22-40(42)45)37-28-35(32-15-4-2-5-16-32)27-36(29-37)33-17-6-3-7-18-33/h2-30H,1H3/i2D,3D,4D,5D,6D,7D,8D,9D,10D,11D,15D,16D,17D,18D,21D,22D,23D,24D. The number of rotatable bonds is 5. The van der Waals surface area contributed by atoms with Gasteiger partial charge in [0.15, 0.2) is 0 Å². The molecule has 48 heavy (non-hydrogen) atoms. The van der Waals surface area contributed by atoms with Crippen molar-refractivity contribution in [2.24, 2.45) is 0 Å². The van der Waals surface area contributed by atoms with Gasteiger partial charge in [-0.25, -0.2) is 4.98 Å². The van der Waals surface area contributed by atoms with Crippen LogP contribution in [0.3, 0.4) is 0 Å². The summed E-state index contributed by atoms with van der Waals surface area (Å²) >= 11 is 0. The SMILES string of the molecule is [2H]c1c([2H])c([2H])c(-c2cc(-c3c([2H])c([2H])c([2H])c([2H])c3[2H])cc(-c3c4c([2H])c([2H])c([2H])c([2H])c4c(-c4cccc(-n5c(C)nc6ccccc65)c4)c4c([2H])c([2H])c([2H])c([2H])c34)c2)c([2H])c1[2H]. The minimum Gasteiger partial charge on any atom is -0.297 e. The first-order valence-corrected chi connectivity index (χ1v) is 15.0. The van der Waals surface area contributed by atoms with Crippen LogP contribution >= 0.6 is 0 Å². The fourth-order valence-electron chi connectivity index (χ4n) is 6.32. The topological polar surface area (TPSA) is 17.8 Å². The van der Waals surface area contributed by atoms with Gasteiger partial charge in [0, 0.05) is 5.69 Å². The third kappa shape index (κ3) is 4.70. The summed E-state index contributed by atoms with van der Waals surface area (Å²) in [4.78, 5) is 4.69.